The average Bonchev–Trinajstić information content (AvgIpc) is 3.08. The van der Waals surface area contributed by atoms with Crippen molar-refractivity contribution < 1.29 is 4.42 Å². The molecular weight excluding hydrogens is 324 g/mol. The van der Waals surface area contributed by atoms with E-state index in [2.05, 4.69) is 21.7 Å². The molecule has 0 radical (unpaired) electrons. The Morgan fingerprint density at radius 1 is 1.04 bits per heavy atom. The van der Waals surface area contributed by atoms with Gasteiger partial charge in [-0.15, -0.1) is 0 Å². The number of hydrogen-bond donors (Lipinski definition) is 2. The lowest BCUT2D eigenvalue weighted by Crippen LogP contribution is -2.23. The topological polar surface area (TPSA) is 63.0 Å². The smallest absolute Gasteiger partial charge is 0.225 e. The van der Waals surface area contributed by atoms with E-state index in [-0.39, 0.29) is 0 Å². The molecule has 0 atom stereocenters. The van der Waals surface area contributed by atoms with E-state index >= 15 is 0 Å². The second-order valence-corrected chi connectivity index (χ2v) is 7.08. The molecule has 4 rings (SSSR count). The molecule has 5 heteroatoms. The van der Waals surface area contributed by atoms with Crippen LogP contribution in [0.2, 0.25) is 0 Å². The van der Waals surface area contributed by atoms with Crippen molar-refractivity contribution in [3.63, 3.8) is 0 Å². The second-order valence-electron chi connectivity index (χ2n) is 7.08. The lowest BCUT2D eigenvalue weighted by Gasteiger charge is -2.24. The first kappa shape index (κ1) is 16.9. The molecule has 26 heavy (non-hydrogen) atoms. The van der Waals surface area contributed by atoms with Crippen molar-refractivity contribution in [3.05, 3.63) is 47.9 Å². The molecule has 0 aliphatic heterocycles. The monoisotopic (exact) mass is 350 g/mol. The van der Waals surface area contributed by atoms with Gasteiger partial charge in [0.05, 0.1) is 5.52 Å². The minimum Gasteiger partial charge on any atom is -0.466 e. The van der Waals surface area contributed by atoms with Gasteiger partial charge < -0.3 is 15.1 Å². The van der Waals surface area contributed by atoms with Gasteiger partial charge in [-0.1, -0.05) is 31.4 Å². The maximum Gasteiger partial charge on any atom is 0.225 e. The highest BCUT2D eigenvalue weighted by molar-refractivity contribution is 5.90. The number of fused-ring (bicyclic) bond motifs is 1. The summed E-state index contributed by atoms with van der Waals surface area (Å²) in [5, 5.41) is 8.10. The van der Waals surface area contributed by atoms with Crippen molar-refractivity contribution in [1.29, 1.82) is 0 Å². The third kappa shape index (κ3) is 3.98. The number of nitrogens with zero attached hydrogens (tertiary/aromatic N) is 2. The number of nitrogens with one attached hydrogen (secondary N) is 2. The first-order valence-electron chi connectivity index (χ1n) is 9.60. The van der Waals surface area contributed by atoms with Crippen molar-refractivity contribution in [2.75, 3.05) is 17.2 Å². The molecule has 1 aromatic carbocycles. The van der Waals surface area contributed by atoms with Crippen molar-refractivity contribution >= 4 is 22.7 Å². The molecule has 0 saturated heterocycles. The van der Waals surface area contributed by atoms with Gasteiger partial charge in [0.15, 0.2) is 0 Å². The van der Waals surface area contributed by atoms with Crippen LogP contribution in [0.3, 0.4) is 0 Å². The number of aromatic nitrogens is 2. The number of rotatable bonds is 6. The molecule has 1 aliphatic rings. The van der Waals surface area contributed by atoms with E-state index in [0.717, 1.165) is 41.2 Å². The first-order valence-corrected chi connectivity index (χ1v) is 9.60. The zero-order valence-corrected chi connectivity index (χ0v) is 15.3. The van der Waals surface area contributed by atoms with Crippen molar-refractivity contribution in [3.8, 4) is 0 Å². The van der Waals surface area contributed by atoms with Gasteiger partial charge in [-0.25, -0.2) is 4.98 Å². The zero-order valence-electron chi connectivity index (χ0n) is 15.3. The van der Waals surface area contributed by atoms with E-state index in [1.807, 2.05) is 37.3 Å². The lowest BCUT2D eigenvalue weighted by molar-refractivity contribution is 0.462. The molecule has 1 fully saturated rings. The highest BCUT2D eigenvalue weighted by Crippen LogP contribution is 2.26. The quantitative estimate of drug-likeness (QED) is 0.660. The summed E-state index contributed by atoms with van der Waals surface area (Å²) in [6.07, 6.45) is 7.21. The van der Waals surface area contributed by atoms with Gasteiger partial charge in [-0.3, -0.25) is 0 Å². The maximum atomic E-state index is 5.62. The fraction of sp³-hybridized carbons (Fsp3) is 0.429. The van der Waals surface area contributed by atoms with Crippen molar-refractivity contribution in [2.24, 2.45) is 0 Å². The van der Waals surface area contributed by atoms with Crippen LogP contribution in [-0.2, 0) is 6.42 Å². The molecule has 1 aliphatic carbocycles. The third-order valence-corrected chi connectivity index (χ3v) is 5.00. The van der Waals surface area contributed by atoms with Crippen LogP contribution in [0.4, 0.5) is 11.8 Å². The molecule has 3 aromatic rings. The number of para-hydroxylation sites is 1. The normalized spacial score (nSPS) is 15.3. The van der Waals surface area contributed by atoms with Crippen LogP contribution in [-0.4, -0.2) is 22.6 Å². The SMILES string of the molecule is Cc1ccc(CCNc2nc(NC3CCCCC3)c3ccccc3n2)o1. The van der Waals surface area contributed by atoms with Gasteiger partial charge in [-0.2, -0.15) is 4.98 Å². The largest absolute Gasteiger partial charge is 0.466 e. The molecule has 1 saturated carbocycles. The highest BCUT2D eigenvalue weighted by atomic mass is 16.3. The summed E-state index contributed by atoms with van der Waals surface area (Å²) in [7, 11) is 0. The second kappa shape index (κ2) is 7.77. The van der Waals surface area contributed by atoms with Gasteiger partial charge in [0.1, 0.15) is 17.3 Å². The van der Waals surface area contributed by atoms with Gasteiger partial charge in [0.2, 0.25) is 5.95 Å². The van der Waals surface area contributed by atoms with Crippen LogP contribution in [0.15, 0.2) is 40.8 Å². The fourth-order valence-corrected chi connectivity index (χ4v) is 3.62. The molecule has 136 valence electrons. The molecule has 2 heterocycles. The Hall–Kier alpha value is -2.56. The Bertz CT molecular complexity index is 867. The minimum atomic E-state index is 0.515. The Labute approximate surface area is 154 Å². The van der Waals surface area contributed by atoms with E-state index in [0.29, 0.717) is 12.0 Å². The van der Waals surface area contributed by atoms with Crippen LogP contribution >= 0.6 is 0 Å². The van der Waals surface area contributed by atoms with Crippen LogP contribution in [0.1, 0.15) is 43.6 Å². The molecule has 5 nitrogen and oxygen atoms in total. The average molecular weight is 350 g/mol. The lowest BCUT2D eigenvalue weighted by atomic mass is 9.95. The number of hydrogen-bond acceptors (Lipinski definition) is 5. The molecule has 0 bridgehead atoms. The summed E-state index contributed by atoms with van der Waals surface area (Å²) in [5.41, 5.74) is 0.970. The molecule has 2 N–H and O–H groups in total. The van der Waals surface area contributed by atoms with E-state index in [1.54, 1.807) is 0 Å². The summed E-state index contributed by atoms with van der Waals surface area (Å²) in [6, 6.07) is 12.7. The molecule has 2 aromatic heterocycles. The Morgan fingerprint density at radius 2 is 1.88 bits per heavy atom. The number of benzene rings is 1. The summed E-state index contributed by atoms with van der Waals surface area (Å²) < 4.78 is 5.62. The van der Waals surface area contributed by atoms with Crippen LogP contribution in [0.5, 0.6) is 0 Å². The predicted molar refractivity (Wildman–Crippen MR) is 106 cm³/mol. The van der Waals surface area contributed by atoms with Crippen LogP contribution in [0.25, 0.3) is 10.9 Å². The number of aryl methyl sites for hydroxylation is 1. The summed E-state index contributed by atoms with van der Waals surface area (Å²) in [6.45, 7) is 2.71. The summed E-state index contributed by atoms with van der Waals surface area (Å²) in [5.74, 6) is 3.54. The Kier molecular flexibility index (Phi) is 5.04. The van der Waals surface area contributed by atoms with Crippen molar-refractivity contribution in [2.45, 2.75) is 51.5 Å². The van der Waals surface area contributed by atoms with E-state index in [4.69, 9.17) is 9.40 Å². The summed E-state index contributed by atoms with van der Waals surface area (Å²) in [4.78, 5) is 9.44. The van der Waals surface area contributed by atoms with Gasteiger partial charge in [0, 0.05) is 24.4 Å². The molecule has 0 spiro atoms. The molecule has 0 unspecified atom stereocenters. The fourth-order valence-electron chi connectivity index (χ4n) is 3.62. The van der Waals surface area contributed by atoms with Gasteiger partial charge in [0.25, 0.3) is 0 Å². The highest BCUT2D eigenvalue weighted by Gasteiger charge is 2.16. The predicted octanol–water partition coefficient (Wildman–Crippen LogP) is 4.93. The maximum absolute atomic E-state index is 5.62. The van der Waals surface area contributed by atoms with E-state index in [9.17, 15) is 0 Å². The number of anilines is 2. The first-order chi connectivity index (χ1) is 12.8. The third-order valence-electron chi connectivity index (χ3n) is 5.00. The standard InChI is InChI=1S/C21H26N4O/c1-15-11-12-17(26-15)13-14-22-21-24-19-10-6-5-9-18(19)20(25-21)23-16-7-3-2-4-8-16/h5-6,9-12,16H,2-4,7-8,13-14H2,1H3,(H2,22,23,24,25). The van der Waals surface area contributed by atoms with Crippen molar-refractivity contribution in [1.82, 2.24) is 9.97 Å². The van der Waals surface area contributed by atoms with Gasteiger partial charge in [-0.05, 0) is 44.0 Å². The van der Waals surface area contributed by atoms with Gasteiger partial charge >= 0.3 is 0 Å². The number of furan rings is 1. The minimum absolute atomic E-state index is 0.515. The summed E-state index contributed by atoms with van der Waals surface area (Å²) >= 11 is 0. The zero-order chi connectivity index (χ0) is 17.8. The molecular formula is C21H26N4O. The van der Waals surface area contributed by atoms with E-state index in [1.165, 1.54) is 32.1 Å². The van der Waals surface area contributed by atoms with Crippen LogP contribution < -0.4 is 10.6 Å². The Balaban J connectivity index is 1.50. The van der Waals surface area contributed by atoms with E-state index < -0.39 is 0 Å². The molecule has 0 amide bonds. The van der Waals surface area contributed by atoms with Crippen LogP contribution in [0, 0.1) is 6.92 Å². The Morgan fingerprint density at radius 3 is 2.69 bits per heavy atom.